The van der Waals surface area contributed by atoms with Crippen molar-refractivity contribution in [3.05, 3.63) is 70.3 Å². The number of amides is 4. The zero-order valence-electron chi connectivity index (χ0n) is 20.8. The van der Waals surface area contributed by atoms with Gasteiger partial charge in [-0.2, -0.15) is 0 Å². The Kier molecular flexibility index (Phi) is 10.9. The normalized spacial score (nSPS) is 12.8. The molecule has 0 aliphatic carbocycles. The lowest BCUT2D eigenvalue weighted by atomic mass is 10.0. The van der Waals surface area contributed by atoms with Crippen molar-refractivity contribution in [3.63, 3.8) is 0 Å². The van der Waals surface area contributed by atoms with Crippen LogP contribution in [0.15, 0.2) is 54.6 Å². The van der Waals surface area contributed by atoms with E-state index in [1.165, 1.54) is 38.1 Å². The van der Waals surface area contributed by atoms with Crippen LogP contribution < -0.4 is 21.3 Å². The van der Waals surface area contributed by atoms with Gasteiger partial charge in [0.25, 0.3) is 5.69 Å². The molecule has 13 heteroatoms. The topological polar surface area (TPSA) is 197 Å². The maximum atomic E-state index is 13.0. The fraction of sp³-hybridized carbons (Fsp3) is 0.320. The first-order valence-electron chi connectivity index (χ1n) is 11.7. The number of hydrogen-bond donors (Lipinski definition) is 5. The summed E-state index contributed by atoms with van der Waals surface area (Å²) in [5, 5.41) is 29.5. The summed E-state index contributed by atoms with van der Waals surface area (Å²) in [5.74, 6) is -3.97. The maximum Gasteiger partial charge on any atom is 0.303 e. The molecule has 0 bridgehead atoms. The van der Waals surface area contributed by atoms with Crippen molar-refractivity contribution in [2.75, 3.05) is 5.32 Å². The summed E-state index contributed by atoms with van der Waals surface area (Å²) in [5.41, 5.74) is 1.10. The molecule has 0 aliphatic heterocycles. The first-order chi connectivity index (χ1) is 18.0. The Balaban J connectivity index is 2.01. The van der Waals surface area contributed by atoms with Gasteiger partial charge in [-0.1, -0.05) is 30.3 Å². The third kappa shape index (κ3) is 9.68. The van der Waals surface area contributed by atoms with Gasteiger partial charge in [0.05, 0.1) is 11.3 Å². The van der Waals surface area contributed by atoms with Crippen LogP contribution in [0.3, 0.4) is 0 Å². The van der Waals surface area contributed by atoms with Crippen molar-refractivity contribution in [1.82, 2.24) is 16.0 Å². The predicted molar refractivity (Wildman–Crippen MR) is 136 cm³/mol. The second-order valence-corrected chi connectivity index (χ2v) is 8.46. The molecule has 4 amide bonds. The highest BCUT2D eigenvalue weighted by atomic mass is 16.6. The number of nitrogens with zero attached hydrogens (tertiary/aromatic N) is 1. The lowest BCUT2D eigenvalue weighted by Gasteiger charge is -2.21. The molecule has 5 N–H and O–H groups in total. The Morgan fingerprint density at radius 2 is 1.45 bits per heavy atom. The van der Waals surface area contributed by atoms with Gasteiger partial charge < -0.3 is 21.1 Å². The second-order valence-electron chi connectivity index (χ2n) is 8.46. The van der Waals surface area contributed by atoms with Crippen molar-refractivity contribution in [3.8, 4) is 0 Å². The Morgan fingerprint density at radius 1 is 0.842 bits per heavy atom. The Labute approximate surface area is 218 Å². The maximum absolute atomic E-state index is 13.0. The smallest absolute Gasteiger partial charge is 0.303 e. The molecular weight excluding hydrogens is 498 g/mol. The molecule has 0 aromatic heterocycles. The van der Waals surface area contributed by atoms with E-state index in [2.05, 4.69) is 21.3 Å². The van der Waals surface area contributed by atoms with Gasteiger partial charge in [-0.25, -0.2) is 0 Å². The second kappa shape index (κ2) is 14.1. The largest absolute Gasteiger partial charge is 0.481 e. The molecule has 3 unspecified atom stereocenters. The van der Waals surface area contributed by atoms with Crippen LogP contribution >= 0.6 is 0 Å². The summed E-state index contributed by atoms with van der Waals surface area (Å²) < 4.78 is 0. The van der Waals surface area contributed by atoms with Crippen LogP contribution in [0.1, 0.15) is 32.3 Å². The van der Waals surface area contributed by atoms with E-state index in [4.69, 9.17) is 5.11 Å². The summed E-state index contributed by atoms with van der Waals surface area (Å²) in [6.07, 6.45) is -0.502. The zero-order valence-corrected chi connectivity index (χ0v) is 20.8. The standard InChI is InChI=1S/C25H29N5O8/c1-15(26-21(31)12-13-22(32)33)23(34)27-16(2)24(35)29-25(36)20(14-17-6-4-3-5-7-17)28-18-8-10-19(11-9-18)30(37)38/h3-11,15-16,20,28H,12-14H2,1-2H3,(H,26,31)(H,27,34)(H,32,33)(H,29,35,36). The van der Waals surface area contributed by atoms with E-state index < -0.39 is 52.6 Å². The molecule has 0 saturated carbocycles. The van der Waals surface area contributed by atoms with E-state index in [0.717, 1.165) is 5.56 Å². The molecular formula is C25H29N5O8. The van der Waals surface area contributed by atoms with E-state index in [9.17, 15) is 34.1 Å². The molecule has 2 aromatic rings. The van der Waals surface area contributed by atoms with E-state index in [-0.39, 0.29) is 24.9 Å². The van der Waals surface area contributed by atoms with Crippen molar-refractivity contribution in [1.29, 1.82) is 0 Å². The number of non-ortho nitro benzene ring substituents is 1. The van der Waals surface area contributed by atoms with Crippen LogP contribution in [0, 0.1) is 10.1 Å². The van der Waals surface area contributed by atoms with Crippen molar-refractivity contribution in [2.24, 2.45) is 0 Å². The number of nitrogens with one attached hydrogen (secondary N) is 4. The number of benzene rings is 2. The van der Waals surface area contributed by atoms with Crippen LogP contribution in [-0.2, 0) is 30.4 Å². The summed E-state index contributed by atoms with van der Waals surface area (Å²) in [4.78, 5) is 70.6. The quantitative estimate of drug-likeness (QED) is 0.187. The highest BCUT2D eigenvalue weighted by Crippen LogP contribution is 2.17. The Morgan fingerprint density at radius 3 is 2.03 bits per heavy atom. The predicted octanol–water partition coefficient (Wildman–Crippen LogP) is 1.14. The number of imide groups is 1. The minimum absolute atomic E-state index is 0.119. The number of carbonyl (C=O) groups excluding carboxylic acids is 4. The van der Waals surface area contributed by atoms with Gasteiger partial charge in [-0.05, 0) is 31.5 Å². The van der Waals surface area contributed by atoms with Crippen LogP contribution in [0.2, 0.25) is 0 Å². The molecule has 2 rings (SSSR count). The highest BCUT2D eigenvalue weighted by Gasteiger charge is 2.26. The number of nitro groups is 1. The van der Waals surface area contributed by atoms with Crippen LogP contribution in [0.5, 0.6) is 0 Å². The number of aliphatic carboxylic acids is 1. The van der Waals surface area contributed by atoms with Gasteiger partial charge in [-0.3, -0.25) is 39.4 Å². The Hall–Kier alpha value is -4.81. The highest BCUT2D eigenvalue weighted by molar-refractivity contribution is 6.02. The average Bonchev–Trinajstić information content (AvgIpc) is 2.87. The molecule has 0 heterocycles. The number of carboxylic acids is 1. The molecule has 0 aliphatic rings. The molecule has 202 valence electrons. The zero-order chi connectivity index (χ0) is 28.2. The Bertz CT molecular complexity index is 1170. The van der Waals surface area contributed by atoms with Gasteiger partial charge in [0, 0.05) is 30.7 Å². The molecule has 2 aromatic carbocycles. The van der Waals surface area contributed by atoms with Gasteiger partial charge in [0.2, 0.25) is 23.6 Å². The van der Waals surface area contributed by atoms with E-state index in [1.54, 1.807) is 24.3 Å². The third-order valence-electron chi connectivity index (χ3n) is 5.35. The van der Waals surface area contributed by atoms with Crippen LogP contribution in [0.4, 0.5) is 11.4 Å². The van der Waals surface area contributed by atoms with Gasteiger partial charge in [-0.15, -0.1) is 0 Å². The van der Waals surface area contributed by atoms with E-state index in [1.807, 2.05) is 6.07 Å². The number of carbonyl (C=O) groups is 5. The molecule has 0 fully saturated rings. The molecule has 0 saturated heterocycles. The van der Waals surface area contributed by atoms with Crippen LogP contribution in [0.25, 0.3) is 0 Å². The fourth-order valence-electron chi connectivity index (χ4n) is 3.26. The summed E-state index contributed by atoms with van der Waals surface area (Å²) in [7, 11) is 0. The van der Waals surface area contributed by atoms with Gasteiger partial charge in [0.1, 0.15) is 18.1 Å². The summed E-state index contributed by atoms with van der Waals surface area (Å²) in [6, 6.07) is 11.3. The number of hydrogen-bond acceptors (Lipinski definition) is 8. The molecule has 13 nitrogen and oxygen atoms in total. The first-order valence-corrected chi connectivity index (χ1v) is 11.7. The van der Waals surface area contributed by atoms with Crippen molar-refractivity contribution >= 4 is 41.0 Å². The van der Waals surface area contributed by atoms with E-state index >= 15 is 0 Å². The number of anilines is 1. The van der Waals surface area contributed by atoms with Gasteiger partial charge >= 0.3 is 5.97 Å². The average molecular weight is 528 g/mol. The SMILES string of the molecule is CC(NC(=O)CCC(=O)O)C(=O)NC(C)C(=O)NC(=O)C(Cc1ccccc1)Nc1ccc([N+](=O)[O-])cc1. The molecule has 0 spiro atoms. The number of carboxylic acid groups (broad SMARTS) is 1. The molecule has 3 atom stereocenters. The first kappa shape index (κ1) is 29.4. The minimum Gasteiger partial charge on any atom is -0.481 e. The monoisotopic (exact) mass is 527 g/mol. The summed E-state index contributed by atoms with van der Waals surface area (Å²) >= 11 is 0. The third-order valence-corrected chi connectivity index (χ3v) is 5.35. The summed E-state index contributed by atoms with van der Waals surface area (Å²) in [6.45, 7) is 2.73. The van der Waals surface area contributed by atoms with E-state index in [0.29, 0.717) is 5.69 Å². The fourth-order valence-corrected chi connectivity index (χ4v) is 3.26. The lowest BCUT2D eigenvalue weighted by Crippen LogP contribution is -2.54. The molecule has 38 heavy (non-hydrogen) atoms. The lowest BCUT2D eigenvalue weighted by molar-refractivity contribution is -0.384. The minimum atomic E-state index is -1.15. The number of nitro benzene ring substituents is 1. The van der Waals surface area contributed by atoms with Crippen LogP contribution in [-0.4, -0.2) is 57.8 Å². The van der Waals surface area contributed by atoms with Gasteiger partial charge in [0.15, 0.2) is 0 Å². The van der Waals surface area contributed by atoms with Crippen molar-refractivity contribution < 1.29 is 34.0 Å². The van der Waals surface area contributed by atoms with Crippen molar-refractivity contribution in [2.45, 2.75) is 51.2 Å². The molecule has 0 radical (unpaired) electrons. The number of rotatable bonds is 13.